The van der Waals surface area contributed by atoms with Gasteiger partial charge in [-0.05, 0) is 118 Å². The third kappa shape index (κ3) is 5.40. The van der Waals surface area contributed by atoms with Crippen molar-refractivity contribution in [2.75, 3.05) is 0 Å². The Bertz CT molecular complexity index is 2480. The first-order chi connectivity index (χ1) is 25.6. The largest absolute Gasteiger partial charge is 0.208 e. The quantitative estimate of drug-likeness (QED) is 0.177. The molecule has 0 aliphatic heterocycles. The van der Waals surface area contributed by atoms with Crippen LogP contribution in [0.15, 0.2) is 140 Å². The van der Waals surface area contributed by atoms with E-state index >= 15 is 0 Å². The van der Waals surface area contributed by atoms with Gasteiger partial charge in [0.25, 0.3) is 0 Å². The molecule has 0 radical (unpaired) electrons. The summed E-state index contributed by atoms with van der Waals surface area (Å²) >= 11 is 0. The summed E-state index contributed by atoms with van der Waals surface area (Å²) in [7, 11) is 0. The van der Waals surface area contributed by atoms with Gasteiger partial charge in [0.1, 0.15) is 0 Å². The molecule has 0 unspecified atom stereocenters. The zero-order valence-electron chi connectivity index (χ0n) is 29.0. The molecule has 4 saturated carbocycles. The summed E-state index contributed by atoms with van der Waals surface area (Å²) in [4.78, 5) is 15.5. The van der Waals surface area contributed by atoms with Crippen molar-refractivity contribution in [2.45, 2.75) is 43.9 Å². The average molecular weight is 671 g/mol. The van der Waals surface area contributed by atoms with Crippen molar-refractivity contribution >= 4 is 10.8 Å². The number of aromatic nitrogens is 3. The maximum Gasteiger partial charge on any atom is 0.164 e. The number of nitrogens with zero attached hydrogens (tertiary/aromatic N) is 4. The molecule has 4 bridgehead atoms. The van der Waals surface area contributed by atoms with E-state index in [0.717, 1.165) is 61.9 Å². The molecule has 1 heterocycles. The number of hydrogen-bond acceptors (Lipinski definition) is 4. The maximum absolute atomic E-state index is 9.54. The Balaban J connectivity index is 1.08. The topological polar surface area (TPSA) is 62.5 Å². The first kappa shape index (κ1) is 30.9. The van der Waals surface area contributed by atoms with Crippen LogP contribution in [0.5, 0.6) is 0 Å². The summed E-state index contributed by atoms with van der Waals surface area (Å²) in [5, 5.41) is 11.7. The van der Waals surface area contributed by atoms with E-state index in [-0.39, 0.29) is 0 Å². The number of hydrogen-bond donors (Lipinski definition) is 0. The number of nitriles is 1. The SMILES string of the molecule is N#Cc1ccc2ccc(-c3ccccc3-c3nc(-c4ccccc4)nc(-c4ccccc4-c4ccc(C56C[C@H]7C[C@H](C5)C[C@@H](C6)C7)cc4)n3)cc2c1. The van der Waals surface area contributed by atoms with Gasteiger partial charge >= 0.3 is 0 Å². The van der Waals surface area contributed by atoms with Crippen molar-refractivity contribution in [3.63, 3.8) is 0 Å². The van der Waals surface area contributed by atoms with Gasteiger partial charge in [0.05, 0.1) is 11.6 Å². The Hall–Kier alpha value is -5.92. The first-order valence-corrected chi connectivity index (χ1v) is 18.7. The third-order valence-corrected chi connectivity index (χ3v) is 12.1. The molecule has 4 aliphatic carbocycles. The zero-order valence-corrected chi connectivity index (χ0v) is 29.0. The van der Waals surface area contributed by atoms with Crippen molar-refractivity contribution in [2.24, 2.45) is 17.8 Å². The van der Waals surface area contributed by atoms with Crippen LogP contribution in [0.25, 0.3) is 67.2 Å². The standard InChI is InChI=1S/C48H38N4/c49-30-31-14-15-35-16-17-38(26-39(35)25-31)42-11-5-7-13-44(42)47-51-45(37-8-2-1-3-9-37)50-46(52-47)43-12-6-4-10-41(43)36-18-20-40(21-19-36)48-27-32-22-33(28-48)24-34(23-32)29-48/h1-21,25-26,32-34H,22-24,27-29H2/t32-,33-,34-,48?. The van der Waals surface area contributed by atoms with Crippen LogP contribution in [0.3, 0.4) is 0 Å². The first-order valence-electron chi connectivity index (χ1n) is 18.7. The highest BCUT2D eigenvalue weighted by molar-refractivity contribution is 5.91. The lowest BCUT2D eigenvalue weighted by Gasteiger charge is -2.57. The van der Waals surface area contributed by atoms with E-state index in [4.69, 9.17) is 15.0 Å². The van der Waals surface area contributed by atoms with E-state index in [1.165, 1.54) is 49.7 Å². The van der Waals surface area contributed by atoms with Crippen molar-refractivity contribution in [1.29, 1.82) is 5.26 Å². The maximum atomic E-state index is 9.54. The molecule has 6 aromatic carbocycles. The minimum Gasteiger partial charge on any atom is -0.208 e. The fraction of sp³-hybridized carbons (Fsp3) is 0.208. The zero-order chi connectivity index (χ0) is 34.6. The highest BCUT2D eigenvalue weighted by Gasteiger charge is 2.51. The molecule has 52 heavy (non-hydrogen) atoms. The minimum absolute atomic E-state index is 0.372. The van der Waals surface area contributed by atoms with E-state index < -0.39 is 0 Å². The highest BCUT2D eigenvalue weighted by atomic mass is 15.0. The van der Waals surface area contributed by atoms with Gasteiger partial charge in [0, 0.05) is 16.7 Å². The Morgan fingerprint density at radius 3 is 1.60 bits per heavy atom. The summed E-state index contributed by atoms with van der Waals surface area (Å²) < 4.78 is 0. The van der Waals surface area contributed by atoms with Gasteiger partial charge in [0.15, 0.2) is 17.5 Å². The molecule has 4 aliphatic rings. The van der Waals surface area contributed by atoms with E-state index in [2.05, 4.69) is 103 Å². The molecule has 0 saturated heterocycles. The van der Waals surface area contributed by atoms with Gasteiger partial charge in [-0.3, -0.25) is 0 Å². The van der Waals surface area contributed by atoms with Crippen molar-refractivity contribution in [3.8, 4) is 62.5 Å². The third-order valence-electron chi connectivity index (χ3n) is 12.1. The number of benzene rings is 6. The number of rotatable bonds is 6. The fourth-order valence-corrected chi connectivity index (χ4v) is 10.1. The molecule has 250 valence electrons. The van der Waals surface area contributed by atoms with E-state index in [1.54, 1.807) is 0 Å². The van der Waals surface area contributed by atoms with Crippen LogP contribution in [-0.4, -0.2) is 15.0 Å². The Labute approximate surface area is 304 Å². The summed E-state index contributed by atoms with van der Waals surface area (Å²) in [6, 6.07) is 51.0. The fourth-order valence-electron chi connectivity index (χ4n) is 10.1. The molecule has 0 amide bonds. The van der Waals surface area contributed by atoms with Crippen LogP contribution in [0.1, 0.15) is 49.7 Å². The van der Waals surface area contributed by atoms with Crippen LogP contribution in [0, 0.1) is 29.1 Å². The molecule has 0 atom stereocenters. The van der Waals surface area contributed by atoms with E-state index in [0.29, 0.717) is 28.5 Å². The Kier molecular flexibility index (Phi) is 7.35. The Morgan fingerprint density at radius 2 is 0.981 bits per heavy atom. The summed E-state index contributed by atoms with van der Waals surface area (Å²) in [5.41, 5.74) is 9.78. The molecule has 4 nitrogen and oxygen atoms in total. The molecule has 11 rings (SSSR count). The van der Waals surface area contributed by atoms with Crippen molar-refractivity contribution in [3.05, 3.63) is 151 Å². The molecular formula is C48H38N4. The molecular weight excluding hydrogens is 633 g/mol. The van der Waals surface area contributed by atoms with Gasteiger partial charge in [-0.15, -0.1) is 0 Å². The van der Waals surface area contributed by atoms with E-state index in [9.17, 15) is 5.26 Å². The molecule has 0 N–H and O–H groups in total. The second-order valence-electron chi connectivity index (χ2n) is 15.4. The minimum atomic E-state index is 0.372. The van der Waals surface area contributed by atoms with Crippen LogP contribution in [-0.2, 0) is 5.41 Å². The van der Waals surface area contributed by atoms with Crippen LogP contribution >= 0.6 is 0 Å². The second-order valence-corrected chi connectivity index (χ2v) is 15.4. The summed E-state index contributed by atoms with van der Waals surface area (Å²) in [6.07, 6.45) is 8.48. The predicted molar refractivity (Wildman–Crippen MR) is 209 cm³/mol. The molecule has 7 aromatic rings. The predicted octanol–water partition coefficient (Wildman–Crippen LogP) is 11.7. The van der Waals surface area contributed by atoms with Gasteiger partial charge < -0.3 is 0 Å². The van der Waals surface area contributed by atoms with Gasteiger partial charge in [-0.2, -0.15) is 5.26 Å². The van der Waals surface area contributed by atoms with Crippen LogP contribution in [0.4, 0.5) is 0 Å². The lowest BCUT2D eigenvalue weighted by atomic mass is 9.48. The van der Waals surface area contributed by atoms with E-state index in [1.807, 2.05) is 42.5 Å². The molecule has 1 aromatic heterocycles. The molecule has 0 spiro atoms. The average Bonchev–Trinajstić information content (AvgIpc) is 3.20. The Morgan fingerprint density at radius 1 is 0.462 bits per heavy atom. The van der Waals surface area contributed by atoms with Crippen LogP contribution < -0.4 is 0 Å². The smallest absolute Gasteiger partial charge is 0.164 e. The van der Waals surface area contributed by atoms with Gasteiger partial charge in [-0.1, -0.05) is 121 Å². The lowest BCUT2D eigenvalue weighted by molar-refractivity contribution is -0.00518. The van der Waals surface area contributed by atoms with Gasteiger partial charge in [0.2, 0.25) is 0 Å². The number of fused-ring (bicyclic) bond motifs is 1. The highest BCUT2D eigenvalue weighted by Crippen LogP contribution is 2.60. The van der Waals surface area contributed by atoms with Crippen molar-refractivity contribution in [1.82, 2.24) is 15.0 Å². The second kappa shape index (κ2) is 12.4. The monoisotopic (exact) mass is 670 g/mol. The summed E-state index contributed by atoms with van der Waals surface area (Å²) in [6.45, 7) is 0. The van der Waals surface area contributed by atoms with Crippen LogP contribution in [0.2, 0.25) is 0 Å². The lowest BCUT2D eigenvalue weighted by Crippen LogP contribution is -2.48. The molecule has 4 heteroatoms. The van der Waals surface area contributed by atoms with Crippen molar-refractivity contribution < 1.29 is 0 Å². The van der Waals surface area contributed by atoms with Gasteiger partial charge in [-0.25, -0.2) is 15.0 Å². The summed E-state index contributed by atoms with van der Waals surface area (Å²) in [5.74, 6) is 4.68. The molecule has 4 fully saturated rings. The normalized spacial score (nSPS) is 21.6.